The number of hydrogen-bond donors (Lipinski definition) is 1. The number of rotatable bonds is 6. The predicted molar refractivity (Wildman–Crippen MR) is 118 cm³/mol. The molecule has 0 saturated heterocycles. The molecule has 4 rings (SSSR count). The maximum atomic E-state index is 12.6. The largest absolute Gasteiger partial charge is 0.351 e. The molecule has 6 nitrogen and oxygen atoms in total. The van der Waals surface area contributed by atoms with E-state index in [1.165, 1.54) is 28.1 Å². The minimum absolute atomic E-state index is 0.0920. The van der Waals surface area contributed by atoms with Gasteiger partial charge in [0, 0.05) is 30.1 Å². The number of nitro groups is 1. The van der Waals surface area contributed by atoms with Crippen molar-refractivity contribution in [3.8, 4) is 0 Å². The summed E-state index contributed by atoms with van der Waals surface area (Å²) >= 11 is 1.77. The molecule has 0 fully saturated rings. The van der Waals surface area contributed by atoms with Crippen molar-refractivity contribution in [1.29, 1.82) is 0 Å². The van der Waals surface area contributed by atoms with Crippen LogP contribution in [0.3, 0.4) is 0 Å². The molecule has 2 heterocycles. The van der Waals surface area contributed by atoms with E-state index < -0.39 is 10.8 Å². The van der Waals surface area contributed by atoms with Gasteiger partial charge in [-0.2, -0.15) is 0 Å². The van der Waals surface area contributed by atoms with E-state index in [2.05, 4.69) is 52.9 Å². The Morgan fingerprint density at radius 3 is 2.67 bits per heavy atom. The van der Waals surface area contributed by atoms with Gasteiger partial charge in [-0.25, -0.2) is 0 Å². The van der Waals surface area contributed by atoms with Gasteiger partial charge in [0.05, 0.1) is 11.0 Å². The molecule has 3 aromatic rings. The number of para-hydroxylation sites is 1. The van der Waals surface area contributed by atoms with Gasteiger partial charge in [0.15, 0.2) is 0 Å². The molecule has 1 aliphatic rings. The number of carbonyl (C=O) groups is 1. The summed E-state index contributed by atoms with van der Waals surface area (Å²) in [4.78, 5) is 27.0. The Labute approximate surface area is 179 Å². The van der Waals surface area contributed by atoms with Gasteiger partial charge in [-0.1, -0.05) is 42.5 Å². The van der Waals surface area contributed by atoms with Crippen LogP contribution in [0.15, 0.2) is 66.0 Å². The summed E-state index contributed by atoms with van der Waals surface area (Å²) in [6.45, 7) is 3.28. The van der Waals surface area contributed by atoms with Crippen LogP contribution in [-0.2, 0) is 6.42 Å². The van der Waals surface area contributed by atoms with E-state index in [1.807, 2.05) is 6.07 Å². The van der Waals surface area contributed by atoms with Gasteiger partial charge in [-0.3, -0.25) is 19.8 Å². The first kappa shape index (κ1) is 20.3. The Morgan fingerprint density at radius 1 is 1.17 bits per heavy atom. The van der Waals surface area contributed by atoms with Gasteiger partial charge in [0.25, 0.3) is 11.6 Å². The number of carbonyl (C=O) groups excluding carboxylic acids is 1. The Hall–Kier alpha value is -3.03. The average molecular weight is 422 g/mol. The van der Waals surface area contributed by atoms with Crippen molar-refractivity contribution < 1.29 is 9.72 Å². The van der Waals surface area contributed by atoms with Crippen LogP contribution in [0.5, 0.6) is 0 Å². The molecule has 1 N–H and O–H groups in total. The lowest BCUT2D eigenvalue weighted by Crippen LogP contribution is -2.45. The molecule has 2 unspecified atom stereocenters. The zero-order valence-corrected chi connectivity index (χ0v) is 17.5. The van der Waals surface area contributed by atoms with Crippen LogP contribution in [0.1, 0.15) is 39.3 Å². The third-order valence-electron chi connectivity index (χ3n) is 5.56. The summed E-state index contributed by atoms with van der Waals surface area (Å²) in [5, 5.41) is 16.2. The minimum Gasteiger partial charge on any atom is -0.351 e. The lowest BCUT2D eigenvalue weighted by atomic mass is 9.91. The monoisotopic (exact) mass is 421 g/mol. The van der Waals surface area contributed by atoms with Gasteiger partial charge in [-0.15, -0.1) is 11.3 Å². The molecular weight excluding hydrogens is 398 g/mol. The molecule has 0 spiro atoms. The molecule has 0 aliphatic carbocycles. The molecule has 2 aromatic carbocycles. The lowest BCUT2D eigenvalue weighted by molar-refractivity contribution is -0.385. The molecule has 1 aromatic heterocycles. The Morgan fingerprint density at radius 2 is 1.90 bits per heavy atom. The second-order valence-corrected chi connectivity index (χ2v) is 8.39. The van der Waals surface area contributed by atoms with Crippen LogP contribution in [0.25, 0.3) is 0 Å². The van der Waals surface area contributed by atoms with E-state index in [0.717, 1.165) is 6.42 Å². The van der Waals surface area contributed by atoms with Gasteiger partial charge >= 0.3 is 0 Å². The van der Waals surface area contributed by atoms with E-state index in [0.29, 0.717) is 19.1 Å². The molecule has 0 radical (unpaired) electrons. The highest BCUT2D eigenvalue weighted by Crippen LogP contribution is 2.40. The molecule has 0 saturated carbocycles. The van der Waals surface area contributed by atoms with Gasteiger partial charge in [-0.05, 0) is 42.0 Å². The summed E-state index contributed by atoms with van der Waals surface area (Å²) in [7, 11) is 0. The molecule has 1 aliphatic heterocycles. The first-order chi connectivity index (χ1) is 14.6. The summed E-state index contributed by atoms with van der Waals surface area (Å²) < 4.78 is 0. The number of fused-ring (bicyclic) bond motifs is 1. The third-order valence-corrected chi connectivity index (χ3v) is 6.57. The van der Waals surface area contributed by atoms with Crippen molar-refractivity contribution in [3.05, 3.63) is 97.7 Å². The number of amides is 1. The van der Waals surface area contributed by atoms with Crippen molar-refractivity contribution in [3.63, 3.8) is 0 Å². The standard InChI is InChI=1S/C23H23N3O3S/c1-16-15-18-11-14-30-22(18)21(17-7-3-2-4-8-17)25(16)13-12-24-23(27)19-9-5-6-10-20(19)26(28)29/h2-11,14,16,21H,12-13,15H2,1H3,(H,24,27). The van der Waals surface area contributed by atoms with Crippen LogP contribution in [0.2, 0.25) is 0 Å². The third kappa shape index (κ3) is 3.99. The van der Waals surface area contributed by atoms with E-state index in [9.17, 15) is 14.9 Å². The van der Waals surface area contributed by atoms with Crippen molar-refractivity contribution >= 4 is 22.9 Å². The molecular formula is C23H23N3O3S. The molecule has 30 heavy (non-hydrogen) atoms. The van der Waals surface area contributed by atoms with Crippen molar-refractivity contribution in [2.24, 2.45) is 0 Å². The molecule has 0 bridgehead atoms. The second-order valence-electron chi connectivity index (χ2n) is 7.44. The number of nitro benzene ring substituents is 1. The quantitative estimate of drug-likeness (QED) is 0.472. The zero-order valence-electron chi connectivity index (χ0n) is 16.7. The van der Waals surface area contributed by atoms with Crippen LogP contribution in [-0.4, -0.2) is 34.9 Å². The first-order valence-electron chi connectivity index (χ1n) is 9.95. The second kappa shape index (κ2) is 8.77. The van der Waals surface area contributed by atoms with Crippen LogP contribution < -0.4 is 5.32 Å². The SMILES string of the molecule is CC1Cc2ccsc2C(c2ccccc2)N1CCNC(=O)c1ccccc1[N+](=O)[O-]. The Balaban J connectivity index is 1.51. The van der Waals surface area contributed by atoms with Gasteiger partial charge in [0.2, 0.25) is 0 Å². The minimum atomic E-state index is -0.522. The van der Waals surface area contributed by atoms with Crippen molar-refractivity contribution in [2.45, 2.75) is 25.4 Å². The molecule has 2 atom stereocenters. The first-order valence-corrected chi connectivity index (χ1v) is 10.8. The van der Waals surface area contributed by atoms with Crippen LogP contribution in [0, 0.1) is 10.1 Å². The Kier molecular flexibility index (Phi) is 5.92. The number of hydrogen-bond acceptors (Lipinski definition) is 5. The van der Waals surface area contributed by atoms with Crippen molar-refractivity contribution in [2.75, 3.05) is 13.1 Å². The molecule has 7 heteroatoms. The maximum absolute atomic E-state index is 12.6. The fraction of sp³-hybridized carbons (Fsp3) is 0.261. The van der Waals surface area contributed by atoms with Crippen LogP contribution >= 0.6 is 11.3 Å². The highest BCUT2D eigenvalue weighted by molar-refractivity contribution is 7.10. The summed E-state index contributed by atoms with van der Waals surface area (Å²) in [6.07, 6.45) is 0.972. The molecule has 154 valence electrons. The molecule has 1 amide bonds. The fourth-order valence-electron chi connectivity index (χ4n) is 4.14. The van der Waals surface area contributed by atoms with E-state index in [1.54, 1.807) is 23.5 Å². The maximum Gasteiger partial charge on any atom is 0.282 e. The summed E-state index contributed by atoms with van der Waals surface area (Å²) in [5.41, 5.74) is 2.54. The number of benzene rings is 2. The number of thiophene rings is 1. The normalized spacial score (nSPS) is 18.6. The Bertz CT molecular complexity index is 1050. The van der Waals surface area contributed by atoms with Gasteiger partial charge in [0.1, 0.15) is 5.56 Å². The highest BCUT2D eigenvalue weighted by atomic mass is 32.1. The number of nitrogens with one attached hydrogen (secondary N) is 1. The van der Waals surface area contributed by atoms with E-state index in [-0.39, 0.29) is 17.3 Å². The summed E-state index contributed by atoms with van der Waals surface area (Å²) in [6, 6.07) is 19.1. The fourth-order valence-corrected chi connectivity index (χ4v) is 5.22. The lowest BCUT2D eigenvalue weighted by Gasteiger charge is -2.41. The predicted octanol–water partition coefficient (Wildman–Crippen LogP) is 4.42. The van der Waals surface area contributed by atoms with E-state index in [4.69, 9.17) is 0 Å². The van der Waals surface area contributed by atoms with Crippen LogP contribution in [0.4, 0.5) is 5.69 Å². The average Bonchev–Trinajstić information content (AvgIpc) is 3.22. The topological polar surface area (TPSA) is 75.5 Å². The summed E-state index contributed by atoms with van der Waals surface area (Å²) in [5.74, 6) is -0.417. The highest BCUT2D eigenvalue weighted by Gasteiger charge is 2.34. The number of nitrogens with zero attached hydrogens (tertiary/aromatic N) is 2. The van der Waals surface area contributed by atoms with Crippen molar-refractivity contribution in [1.82, 2.24) is 10.2 Å². The van der Waals surface area contributed by atoms with E-state index >= 15 is 0 Å². The van der Waals surface area contributed by atoms with Gasteiger partial charge < -0.3 is 5.32 Å². The zero-order chi connectivity index (χ0) is 21.1. The smallest absolute Gasteiger partial charge is 0.282 e.